The highest BCUT2D eigenvalue weighted by atomic mass is 16.5. The molecule has 1 heterocycles. The molecule has 0 bridgehead atoms. The first kappa shape index (κ1) is 22.7. The largest absolute Gasteiger partial charge is 0.497 e. The van der Waals surface area contributed by atoms with E-state index in [0.717, 1.165) is 23.3 Å². The Kier molecular flexibility index (Phi) is 7.93. The standard InChI is InChI=1S/C25H32N2O4/c1-19-8-4-9-20(2)24(19)31-17-6-12-23(28)26-13-7-14-27(16-15-26)25(29)21-10-5-11-22(18-21)30-3/h4-5,8-11,18H,6-7,12-17H2,1-3H3. The van der Waals surface area contributed by atoms with Crippen molar-refractivity contribution >= 4 is 11.8 Å². The molecule has 31 heavy (non-hydrogen) atoms. The summed E-state index contributed by atoms with van der Waals surface area (Å²) in [6.07, 6.45) is 1.91. The molecule has 0 atom stereocenters. The Morgan fingerprint density at radius 2 is 1.61 bits per heavy atom. The number of benzene rings is 2. The van der Waals surface area contributed by atoms with Gasteiger partial charge in [-0.2, -0.15) is 0 Å². The molecule has 0 N–H and O–H groups in total. The molecule has 2 aromatic rings. The zero-order valence-corrected chi connectivity index (χ0v) is 18.7. The van der Waals surface area contributed by atoms with Gasteiger partial charge in [0.15, 0.2) is 0 Å². The third kappa shape index (κ3) is 6.00. The Morgan fingerprint density at radius 1 is 0.935 bits per heavy atom. The van der Waals surface area contributed by atoms with E-state index in [9.17, 15) is 9.59 Å². The zero-order chi connectivity index (χ0) is 22.2. The smallest absolute Gasteiger partial charge is 0.254 e. The van der Waals surface area contributed by atoms with Crippen LogP contribution in [-0.4, -0.2) is 61.5 Å². The average Bonchev–Trinajstić information content (AvgIpc) is 3.04. The maximum Gasteiger partial charge on any atom is 0.254 e. The minimum Gasteiger partial charge on any atom is -0.497 e. The molecule has 0 spiro atoms. The third-order valence-electron chi connectivity index (χ3n) is 5.64. The van der Waals surface area contributed by atoms with E-state index in [1.165, 1.54) is 0 Å². The number of rotatable bonds is 7. The normalized spacial score (nSPS) is 14.2. The van der Waals surface area contributed by atoms with Crippen LogP contribution in [0.25, 0.3) is 0 Å². The maximum absolute atomic E-state index is 12.8. The number of hydrogen-bond donors (Lipinski definition) is 0. The fourth-order valence-corrected chi connectivity index (χ4v) is 3.89. The molecule has 6 heteroatoms. The van der Waals surface area contributed by atoms with Crippen LogP contribution in [0.4, 0.5) is 0 Å². The van der Waals surface area contributed by atoms with Crippen molar-refractivity contribution in [1.82, 2.24) is 9.80 Å². The summed E-state index contributed by atoms with van der Waals surface area (Å²) in [5, 5.41) is 0. The van der Waals surface area contributed by atoms with Gasteiger partial charge in [0, 0.05) is 38.2 Å². The first-order valence-corrected chi connectivity index (χ1v) is 10.9. The quantitative estimate of drug-likeness (QED) is 0.634. The number of para-hydroxylation sites is 1. The van der Waals surface area contributed by atoms with Crippen LogP contribution >= 0.6 is 0 Å². The zero-order valence-electron chi connectivity index (χ0n) is 18.7. The van der Waals surface area contributed by atoms with E-state index in [-0.39, 0.29) is 11.8 Å². The van der Waals surface area contributed by atoms with Gasteiger partial charge >= 0.3 is 0 Å². The summed E-state index contributed by atoms with van der Waals surface area (Å²) in [6, 6.07) is 13.3. The van der Waals surface area contributed by atoms with Gasteiger partial charge in [-0.05, 0) is 56.0 Å². The number of nitrogens with zero attached hydrogens (tertiary/aromatic N) is 2. The van der Waals surface area contributed by atoms with Crippen LogP contribution in [0.2, 0.25) is 0 Å². The topological polar surface area (TPSA) is 59.1 Å². The SMILES string of the molecule is COc1cccc(C(=O)N2CCCN(C(=O)CCCOc3c(C)cccc3C)CC2)c1. The highest BCUT2D eigenvalue weighted by Gasteiger charge is 2.23. The van der Waals surface area contributed by atoms with E-state index >= 15 is 0 Å². The molecular weight excluding hydrogens is 392 g/mol. The highest BCUT2D eigenvalue weighted by Crippen LogP contribution is 2.22. The second-order valence-electron chi connectivity index (χ2n) is 7.93. The van der Waals surface area contributed by atoms with E-state index in [1.54, 1.807) is 19.2 Å². The summed E-state index contributed by atoms with van der Waals surface area (Å²) in [5.74, 6) is 1.69. The van der Waals surface area contributed by atoms with Crippen LogP contribution in [0, 0.1) is 13.8 Å². The molecule has 0 aromatic heterocycles. The first-order chi connectivity index (χ1) is 15.0. The van der Waals surface area contributed by atoms with Crippen molar-refractivity contribution in [2.24, 2.45) is 0 Å². The van der Waals surface area contributed by atoms with Gasteiger partial charge in [0.1, 0.15) is 11.5 Å². The fourth-order valence-electron chi connectivity index (χ4n) is 3.89. The van der Waals surface area contributed by atoms with Crippen LogP contribution in [0.15, 0.2) is 42.5 Å². The van der Waals surface area contributed by atoms with Crippen LogP contribution in [0.3, 0.4) is 0 Å². The molecule has 0 saturated carbocycles. The molecule has 2 aromatic carbocycles. The highest BCUT2D eigenvalue weighted by molar-refractivity contribution is 5.94. The summed E-state index contributed by atoms with van der Waals surface area (Å²) < 4.78 is 11.1. The molecular formula is C25H32N2O4. The Bertz CT molecular complexity index is 892. The van der Waals surface area contributed by atoms with E-state index in [0.29, 0.717) is 56.9 Å². The second-order valence-corrected chi connectivity index (χ2v) is 7.93. The van der Waals surface area contributed by atoms with Crippen LogP contribution in [0.5, 0.6) is 11.5 Å². The van der Waals surface area contributed by atoms with Gasteiger partial charge in [0.2, 0.25) is 5.91 Å². The van der Waals surface area contributed by atoms with E-state index in [2.05, 4.69) is 0 Å². The molecule has 0 radical (unpaired) electrons. The average molecular weight is 425 g/mol. The van der Waals surface area contributed by atoms with Crippen molar-refractivity contribution in [3.8, 4) is 11.5 Å². The van der Waals surface area contributed by atoms with E-state index in [4.69, 9.17) is 9.47 Å². The van der Waals surface area contributed by atoms with Crippen LogP contribution < -0.4 is 9.47 Å². The predicted octanol–water partition coefficient (Wildman–Crippen LogP) is 3.85. The van der Waals surface area contributed by atoms with Crippen molar-refractivity contribution in [3.05, 3.63) is 59.2 Å². The number of carbonyl (C=O) groups excluding carboxylic acids is 2. The van der Waals surface area contributed by atoms with Gasteiger partial charge in [-0.1, -0.05) is 24.3 Å². The molecule has 0 unspecified atom stereocenters. The van der Waals surface area contributed by atoms with Gasteiger partial charge in [0.25, 0.3) is 5.91 Å². The van der Waals surface area contributed by atoms with Crippen molar-refractivity contribution < 1.29 is 19.1 Å². The molecule has 166 valence electrons. The van der Waals surface area contributed by atoms with Crippen molar-refractivity contribution in [3.63, 3.8) is 0 Å². The molecule has 1 aliphatic heterocycles. The fraction of sp³-hybridized carbons (Fsp3) is 0.440. The summed E-state index contributed by atoms with van der Waals surface area (Å²) in [7, 11) is 1.59. The maximum atomic E-state index is 12.8. The third-order valence-corrected chi connectivity index (χ3v) is 5.64. The summed E-state index contributed by atoms with van der Waals surface area (Å²) in [5.41, 5.74) is 2.84. The number of hydrogen-bond acceptors (Lipinski definition) is 4. The summed E-state index contributed by atoms with van der Waals surface area (Å²) in [4.78, 5) is 29.2. The lowest BCUT2D eigenvalue weighted by molar-refractivity contribution is -0.131. The number of aryl methyl sites for hydroxylation is 2. The first-order valence-electron chi connectivity index (χ1n) is 10.9. The second kappa shape index (κ2) is 10.8. The molecule has 6 nitrogen and oxygen atoms in total. The van der Waals surface area contributed by atoms with Gasteiger partial charge < -0.3 is 19.3 Å². The number of methoxy groups -OCH3 is 1. The lowest BCUT2D eigenvalue weighted by atomic mass is 10.1. The van der Waals surface area contributed by atoms with Crippen LogP contribution in [-0.2, 0) is 4.79 Å². The Balaban J connectivity index is 1.46. The summed E-state index contributed by atoms with van der Waals surface area (Å²) in [6.45, 7) is 7.01. The van der Waals surface area contributed by atoms with Gasteiger partial charge in [-0.3, -0.25) is 9.59 Å². The van der Waals surface area contributed by atoms with E-state index < -0.39 is 0 Å². The molecule has 1 saturated heterocycles. The molecule has 3 rings (SSSR count). The monoisotopic (exact) mass is 424 g/mol. The van der Waals surface area contributed by atoms with Gasteiger partial charge in [-0.15, -0.1) is 0 Å². The predicted molar refractivity (Wildman–Crippen MR) is 121 cm³/mol. The van der Waals surface area contributed by atoms with Crippen molar-refractivity contribution in [1.29, 1.82) is 0 Å². The minimum absolute atomic E-state index is 0.0183. The number of ether oxygens (including phenoxy) is 2. The summed E-state index contributed by atoms with van der Waals surface area (Å²) >= 11 is 0. The number of amides is 2. The van der Waals surface area contributed by atoms with E-state index in [1.807, 2.05) is 54.0 Å². The molecule has 1 aliphatic rings. The Hall–Kier alpha value is -3.02. The lowest BCUT2D eigenvalue weighted by Crippen LogP contribution is -2.37. The van der Waals surface area contributed by atoms with Gasteiger partial charge in [-0.25, -0.2) is 0 Å². The van der Waals surface area contributed by atoms with Gasteiger partial charge in [0.05, 0.1) is 13.7 Å². The Morgan fingerprint density at radius 3 is 2.35 bits per heavy atom. The van der Waals surface area contributed by atoms with Crippen molar-refractivity contribution in [2.45, 2.75) is 33.1 Å². The number of carbonyl (C=O) groups is 2. The molecule has 2 amide bonds. The van der Waals surface area contributed by atoms with Crippen LogP contribution in [0.1, 0.15) is 40.7 Å². The molecule has 0 aliphatic carbocycles. The molecule has 1 fully saturated rings. The minimum atomic E-state index is -0.0183. The van der Waals surface area contributed by atoms with Crippen molar-refractivity contribution in [2.75, 3.05) is 39.9 Å². The lowest BCUT2D eigenvalue weighted by Gasteiger charge is -2.22. The Labute approximate surface area is 184 Å².